The van der Waals surface area contributed by atoms with E-state index in [0.29, 0.717) is 6.54 Å². The molecule has 20 heavy (non-hydrogen) atoms. The van der Waals surface area contributed by atoms with E-state index in [1.807, 2.05) is 43.7 Å². The molecule has 1 heterocycles. The number of aryl methyl sites for hydroxylation is 1. The van der Waals surface area contributed by atoms with Crippen molar-refractivity contribution in [1.29, 1.82) is 0 Å². The fraction of sp³-hybridized carbons (Fsp3) is 0.333. The lowest BCUT2D eigenvalue weighted by atomic mass is 9.96. The molecule has 0 unspecified atom stereocenters. The van der Waals surface area contributed by atoms with Crippen molar-refractivity contribution in [3.05, 3.63) is 47.8 Å². The van der Waals surface area contributed by atoms with Gasteiger partial charge in [0.25, 0.3) is 0 Å². The van der Waals surface area contributed by atoms with Crippen LogP contribution in [0.4, 0.5) is 5.69 Å². The van der Waals surface area contributed by atoms with Gasteiger partial charge >= 0.3 is 5.97 Å². The molecule has 0 spiro atoms. The first-order valence-corrected chi connectivity index (χ1v) is 6.65. The fourth-order valence-corrected chi connectivity index (χ4v) is 2.45. The summed E-state index contributed by atoms with van der Waals surface area (Å²) in [6.45, 7) is 0.678. The molecule has 1 saturated carbocycles. The maximum Gasteiger partial charge on any atom is 0.314 e. The average Bonchev–Trinajstić information content (AvgIpc) is 3.15. The van der Waals surface area contributed by atoms with Crippen molar-refractivity contribution in [3.8, 4) is 0 Å². The standard InChI is InChI=1S/C15H17N3O2/c1-18-10-11(9-17-18)8-16-13-4-2-3-12(7-13)15(5-6-15)14(19)20/h2-4,7,9-10,16H,5-6,8H2,1H3,(H,19,20). The minimum absolute atomic E-state index is 0.647. The Bertz CT molecular complexity index is 644. The van der Waals surface area contributed by atoms with Gasteiger partial charge in [0.15, 0.2) is 0 Å². The Morgan fingerprint density at radius 3 is 2.90 bits per heavy atom. The third-order valence-corrected chi connectivity index (χ3v) is 3.83. The predicted molar refractivity (Wildman–Crippen MR) is 75.5 cm³/mol. The zero-order chi connectivity index (χ0) is 14.2. The summed E-state index contributed by atoms with van der Waals surface area (Å²) in [6, 6.07) is 7.70. The van der Waals surface area contributed by atoms with Gasteiger partial charge in [0.1, 0.15) is 0 Å². The van der Waals surface area contributed by atoms with Crippen LogP contribution in [0.3, 0.4) is 0 Å². The molecule has 1 fully saturated rings. The molecule has 1 aromatic heterocycles. The molecule has 2 aromatic rings. The van der Waals surface area contributed by atoms with Gasteiger partial charge in [0, 0.05) is 31.0 Å². The largest absolute Gasteiger partial charge is 0.481 e. The predicted octanol–water partition coefficient (Wildman–Crippen LogP) is 2.15. The Kier molecular flexibility index (Phi) is 2.97. The first-order chi connectivity index (χ1) is 9.60. The van der Waals surface area contributed by atoms with Crippen molar-refractivity contribution in [1.82, 2.24) is 9.78 Å². The highest BCUT2D eigenvalue weighted by atomic mass is 16.4. The van der Waals surface area contributed by atoms with Crippen LogP contribution in [0, 0.1) is 0 Å². The summed E-state index contributed by atoms with van der Waals surface area (Å²) >= 11 is 0. The zero-order valence-corrected chi connectivity index (χ0v) is 11.3. The van der Waals surface area contributed by atoms with Gasteiger partial charge in [-0.15, -0.1) is 0 Å². The number of hydrogen-bond donors (Lipinski definition) is 2. The van der Waals surface area contributed by atoms with Gasteiger partial charge in [0.05, 0.1) is 11.6 Å². The summed E-state index contributed by atoms with van der Waals surface area (Å²) in [5.41, 5.74) is 2.28. The summed E-state index contributed by atoms with van der Waals surface area (Å²) in [5.74, 6) is -0.720. The number of nitrogens with zero attached hydrogens (tertiary/aromatic N) is 2. The minimum Gasteiger partial charge on any atom is -0.481 e. The van der Waals surface area contributed by atoms with Crippen LogP contribution in [0.1, 0.15) is 24.0 Å². The molecule has 0 radical (unpaired) electrons. The Hall–Kier alpha value is -2.30. The van der Waals surface area contributed by atoms with Crippen LogP contribution < -0.4 is 5.32 Å². The number of anilines is 1. The van der Waals surface area contributed by atoms with Gasteiger partial charge in [-0.2, -0.15) is 5.10 Å². The van der Waals surface area contributed by atoms with Crippen molar-refractivity contribution in [3.63, 3.8) is 0 Å². The first kappa shape index (κ1) is 12.7. The summed E-state index contributed by atoms with van der Waals surface area (Å²) in [6.07, 6.45) is 5.23. The van der Waals surface area contributed by atoms with Gasteiger partial charge in [0.2, 0.25) is 0 Å². The lowest BCUT2D eigenvalue weighted by Gasteiger charge is -2.12. The third kappa shape index (κ3) is 2.27. The Balaban J connectivity index is 1.73. The summed E-state index contributed by atoms with van der Waals surface area (Å²) in [7, 11) is 1.88. The second-order valence-electron chi connectivity index (χ2n) is 5.34. The van der Waals surface area contributed by atoms with Crippen LogP contribution in [0.25, 0.3) is 0 Å². The number of hydrogen-bond acceptors (Lipinski definition) is 3. The molecule has 0 bridgehead atoms. The van der Waals surface area contributed by atoms with Crippen LogP contribution in [-0.4, -0.2) is 20.9 Å². The smallest absolute Gasteiger partial charge is 0.314 e. The van der Waals surface area contributed by atoms with E-state index < -0.39 is 11.4 Å². The van der Waals surface area contributed by atoms with Gasteiger partial charge in [-0.05, 0) is 30.5 Å². The minimum atomic E-state index is -0.720. The Labute approximate surface area is 117 Å². The van der Waals surface area contributed by atoms with Crippen molar-refractivity contribution >= 4 is 11.7 Å². The average molecular weight is 271 g/mol. The number of carboxylic acid groups (broad SMARTS) is 1. The maximum absolute atomic E-state index is 11.3. The molecule has 0 amide bonds. The van der Waals surface area contributed by atoms with E-state index in [9.17, 15) is 9.90 Å². The third-order valence-electron chi connectivity index (χ3n) is 3.83. The highest BCUT2D eigenvalue weighted by Crippen LogP contribution is 2.48. The molecule has 0 saturated heterocycles. The van der Waals surface area contributed by atoms with E-state index in [1.54, 1.807) is 4.68 Å². The molecule has 0 aliphatic heterocycles. The van der Waals surface area contributed by atoms with Crippen LogP contribution >= 0.6 is 0 Å². The first-order valence-electron chi connectivity index (χ1n) is 6.65. The molecule has 0 atom stereocenters. The molecular formula is C15H17N3O2. The molecule has 2 N–H and O–H groups in total. The van der Waals surface area contributed by atoms with E-state index in [1.165, 1.54) is 0 Å². The lowest BCUT2D eigenvalue weighted by molar-refractivity contribution is -0.140. The topological polar surface area (TPSA) is 67.2 Å². The van der Waals surface area contributed by atoms with Crippen molar-refractivity contribution in [2.24, 2.45) is 7.05 Å². The van der Waals surface area contributed by atoms with E-state index in [4.69, 9.17) is 0 Å². The molecular weight excluding hydrogens is 254 g/mol. The van der Waals surface area contributed by atoms with Crippen LogP contribution in [0.5, 0.6) is 0 Å². The van der Waals surface area contributed by atoms with E-state index in [0.717, 1.165) is 29.7 Å². The summed E-state index contributed by atoms with van der Waals surface area (Å²) < 4.78 is 1.76. The highest BCUT2D eigenvalue weighted by molar-refractivity contribution is 5.85. The number of nitrogens with one attached hydrogen (secondary N) is 1. The van der Waals surface area contributed by atoms with Crippen LogP contribution in [0.15, 0.2) is 36.7 Å². The SMILES string of the molecule is Cn1cc(CNc2cccc(C3(C(=O)O)CC3)c2)cn1. The summed E-state index contributed by atoms with van der Waals surface area (Å²) in [4.78, 5) is 11.3. The molecule has 5 nitrogen and oxygen atoms in total. The normalized spacial score (nSPS) is 15.8. The van der Waals surface area contributed by atoms with Gasteiger partial charge < -0.3 is 10.4 Å². The number of aliphatic carboxylic acids is 1. The van der Waals surface area contributed by atoms with E-state index >= 15 is 0 Å². The van der Waals surface area contributed by atoms with Crippen LogP contribution in [-0.2, 0) is 23.8 Å². The van der Waals surface area contributed by atoms with E-state index in [2.05, 4.69) is 10.4 Å². The van der Waals surface area contributed by atoms with Crippen molar-refractivity contribution in [2.75, 3.05) is 5.32 Å². The number of aromatic nitrogens is 2. The number of rotatable bonds is 5. The molecule has 5 heteroatoms. The maximum atomic E-state index is 11.3. The van der Waals surface area contributed by atoms with Crippen LogP contribution in [0.2, 0.25) is 0 Å². The van der Waals surface area contributed by atoms with Gasteiger partial charge in [-0.25, -0.2) is 0 Å². The molecule has 1 aromatic carbocycles. The van der Waals surface area contributed by atoms with E-state index in [-0.39, 0.29) is 0 Å². The molecule has 1 aliphatic rings. The quantitative estimate of drug-likeness (QED) is 0.874. The number of benzene rings is 1. The van der Waals surface area contributed by atoms with Crippen molar-refractivity contribution in [2.45, 2.75) is 24.8 Å². The monoisotopic (exact) mass is 271 g/mol. The highest BCUT2D eigenvalue weighted by Gasteiger charge is 2.51. The lowest BCUT2D eigenvalue weighted by Crippen LogP contribution is -2.19. The Morgan fingerprint density at radius 2 is 2.30 bits per heavy atom. The summed E-state index contributed by atoms with van der Waals surface area (Å²) in [5, 5.41) is 16.8. The second kappa shape index (κ2) is 4.67. The zero-order valence-electron chi connectivity index (χ0n) is 11.3. The second-order valence-corrected chi connectivity index (χ2v) is 5.34. The number of carboxylic acids is 1. The molecule has 104 valence electrons. The van der Waals surface area contributed by atoms with Gasteiger partial charge in [-0.3, -0.25) is 9.48 Å². The fourth-order valence-electron chi connectivity index (χ4n) is 2.45. The molecule has 1 aliphatic carbocycles. The van der Waals surface area contributed by atoms with Crippen molar-refractivity contribution < 1.29 is 9.90 Å². The molecule has 3 rings (SSSR count). The van der Waals surface area contributed by atoms with Gasteiger partial charge in [-0.1, -0.05) is 12.1 Å². The number of carbonyl (C=O) groups is 1. The Morgan fingerprint density at radius 1 is 1.50 bits per heavy atom.